The highest BCUT2D eigenvalue weighted by molar-refractivity contribution is 5.81. The van der Waals surface area contributed by atoms with E-state index in [1.165, 1.54) is 5.56 Å². The fourth-order valence-electron chi connectivity index (χ4n) is 3.10. The largest absolute Gasteiger partial charge is 0.367 e. The van der Waals surface area contributed by atoms with Gasteiger partial charge in [0.1, 0.15) is 6.61 Å². The Morgan fingerprint density at radius 2 is 1.67 bits per heavy atom. The number of carbonyl (C=O) groups is 1. The molecule has 0 bridgehead atoms. The Kier molecular flexibility index (Phi) is 5.44. The van der Waals surface area contributed by atoms with Crippen LogP contribution < -0.4 is 0 Å². The molecule has 0 saturated carbocycles. The summed E-state index contributed by atoms with van der Waals surface area (Å²) in [4.78, 5) is 14.2. The van der Waals surface area contributed by atoms with E-state index in [0.29, 0.717) is 6.61 Å². The van der Waals surface area contributed by atoms with E-state index in [-0.39, 0.29) is 24.6 Å². The average Bonchev–Trinajstić information content (AvgIpc) is 3.35. The number of aryl methyl sites for hydroxylation is 1. The van der Waals surface area contributed by atoms with Gasteiger partial charge in [-0.15, -0.1) is 6.58 Å². The van der Waals surface area contributed by atoms with E-state index < -0.39 is 0 Å². The molecule has 1 heterocycles. The van der Waals surface area contributed by atoms with Gasteiger partial charge in [-0.3, -0.25) is 4.79 Å². The molecule has 0 aromatic heterocycles. The summed E-state index contributed by atoms with van der Waals surface area (Å²) >= 11 is 0. The summed E-state index contributed by atoms with van der Waals surface area (Å²) in [5.74, 6) is 0.0499. The quantitative estimate of drug-likeness (QED) is 0.549. The van der Waals surface area contributed by atoms with Crippen LogP contribution in [0.25, 0.3) is 0 Å². The van der Waals surface area contributed by atoms with Gasteiger partial charge in [-0.1, -0.05) is 66.7 Å². The molecule has 0 radical (unpaired) electrons. The van der Waals surface area contributed by atoms with Crippen LogP contribution in [0.1, 0.15) is 17.5 Å². The Morgan fingerprint density at radius 1 is 1.04 bits per heavy atom. The Bertz CT molecular complexity index is 669. The highest BCUT2D eigenvalue weighted by Gasteiger charge is 2.47. The number of hydrogen-bond donors (Lipinski definition) is 0. The van der Waals surface area contributed by atoms with Gasteiger partial charge in [-0.25, -0.2) is 0 Å². The normalized spacial score (nSPS) is 19.1. The molecule has 2 atom stereocenters. The third kappa shape index (κ3) is 4.12. The van der Waals surface area contributed by atoms with Crippen molar-refractivity contribution in [2.45, 2.75) is 31.5 Å². The summed E-state index contributed by atoms with van der Waals surface area (Å²) < 4.78 is 5.56. The highest BCUT2D eigenvalue weighted by atomic mass is 16.5. The molecule has 1 aliphatic rings. The van der Waals surface area contributed by atoms with Crippen molar-refractivity contribution < 1.29 is 9.53 Å². The van der Waals surface area contributed by atoms with Crippen molar-refractivity contribution in [1.82, 2.24) is 4.90 Å². The smallest absolute Gasteiger partial charge is 0.249 e. The lowest BCUT2D eigenvalue weighted by molar-refractivity contribution is -0.131. The van der Waals surface area contributed by atoms with Crippen LogP contribution in [0.15, 0.2) is 73.3 Å². The molecular weight excluding hydrogens is 298 g/mol. The van der Waals surface area contributed by atoms with Gasteiger partial charge in [0.05, 0.1) is 18.7 Å². The number of benzene rings is 2. The first-order chi connectivity index (χ1) is 11.8. The summed E-state index contributed by atoms with van der Waals surface area (Å²) in [5.41, 5.74) is 2.39. The summed E-state index contributed by atoms with van der Waals surface area (Å²) in [6.45, 7) is 4.45. The molecule has 0 spiro atoms. The van der Waals surface area contributed by atoms with Gasteiger partial charge in [-0.2, -0.15) is 0 Å². The summed E-state index contributed by atoms with van der Waals surface area (Å²) in [5, 5.41) is 0. The fraction of sp³-hybridized carbons (Fsp3) is 0.286. The van der Waals surface area contributed by atoms with Gasteiger partial charge in [0.15, 0.2) is 0 Å². The monoisotopic (exact) mass is 321 g/mol. The number of ether oxygens (including phenoxy) is 1. The number of rotatable bonds is 8. The Morgan fingerprint density at radius 3 is 2.29 bits per heavy atom. The third-order valence-corrected chi connectivity index (χ3v) is 4.42. The summed E-state index contributed by atoms with van der Waals surface area (Å²) in [7, 11) is 0. The second-order valence-electron chi connectivity index (χ2n) is 6.10. The first kappa shape index (κ1) is 16.5. The van der Waals surface area contributed by atoms with Crippen molar-refractivity contribution in [2.24, 2.45) is 0 Å². The maximum atomic E-state index is 12.3. The Labute approximate surface area is 143 Å². The van der Waals surface area contributed by atoms with Crippen LogP contribution in [0.5, 0.6) is 0 Å². The van der Waals surface area contributed by atoms with Gasteiger partial charge in [0.2, 0.25) is 5.91 Å². The molecule has 1 aliphatic heterocycles. The van der Waals surface area contributed by atoms with E-state index in [2.05, 4.69) is 18.7 Å². The van der Waals surface area contributed by atoms with E-state index in [1.807, 2.05) is 59.5 Å². The second-order valence-corrected chi connectivity index (χ2v) is 6.10. The first-order valence-corrected chi connectivity index (χ1v) is 8.39. The Balaban J connectivity index is 1.45. The third-order valence-electron chi connectivity index (χ3n) is 4.42. The molecule has 3 heteroatoms. The van der Waals surface area contributed by atoms with Crippen molar-refractivity contribution in [2.75, 3.05) is 6.61 Å². The molecule has 2 aromatic rings. The Hall–Kier alpha value is -2.39. The summed E-state index contributed by atoms with van der Waals surface area (Å²) in [6.07, 6.45) is 3.81. The van der Waals surface area contributed by atoms with E-state index >= 15 is 0 Å². The number of carbonyl (C=O) groups excluding carboxylic acids is 1. The predicted octanol–water partition coefficient (Wildman–Crippen LogP) is 3.60. The topological polar surface area (TPSA) is 29.3 Å². The van der Waals surface area contributed by atoms with E-state index in [9.17, 15) is 4.79 Å². The van der Waals surface area contributed by atoms with Gasteiger partial charge in [0.25, 0.3) is 0 Å². The maximum Gasteiger partial charge on any atom is 0.249 e. The second kappa shape index (κ2) is 7.93. The minimum absolute atomic E-state index is 0.0499. The van der Waals surface area contributed by atoms with Gasteiger partial charge in [-0.05, 0) is 24.0 Å². The van der Waals surface area contributed by atoms with Gasteiger partial charge in [0, 0.05) is 0 Å². The molecule has 24 heavy (non-hydrogen) atoms. The van der Waals surface area contributed by atoms with Crippen molar-refractivity contribution in [3.8, 4) is 0 Å². The lowest BCUT2D eigenvalue weighted by Gasteiger charge is -2.06. The van der Waals surface area contributed by atoms with Crippen LogP contribution in [-0.4, -0.2) is 29.5 Å². The number of nitrogens with zero attached hydrogens (tertiary/aromatic N) is 1. The molecule has 3 nitrogen and oxygen atoms in total. The molecule has 0 aliphatic carbocycles. The first-order valence-electron chi connectivity index (χ1n) is 8.39. The molecule has 1 saturated heterocycles. The van der Waals surface area contributed by atoms with E-state index in [1.54, 1.807) is 0 Å². The standard InChI is InChI=1S/C21H23NO2/c1-2-19-20(14-13-17-9-5-3-6-10-17)22(19)21(23)16-24-15-18-11-7-4-8-12-18/h2-12,19-20H,1,13-16H2/t19-,20+,22?/m1/s1. The zero-order valence-electron chi connectivity index (χ0n) is 13.8. The van der Waals surface area contributed by atoms with Crippen LogP contribution in [0.2, 0.25) is 0 Å². The maximum absolute atomic E-state index is 12.3. The predicted molar refractivity (Wildman–Crippen MR) is 95.5 cm³/mol. The SMILES string of the molecule is C=C[C@@H]1[C@H](CCc2ccccc2)N1C(=O)COCc1ccccc1. The van der Waals surface area contributed by atoms with Gasteiger partial charge >= 0.3 is 0 Å². The fourth-order valence-corrected chi connectivity index (χ4v) is 3.10. The molecule has 0 unspecified atom stereocenters. The van der Waals surface area contributed by atoms with Crippen molar-refractivity contribution in [3.05, 3.63) is 84.4 Å². The molecular formula is C21H23NO2. The minimum atomic E-state index is 0.0499. The lowest BCUT2D eigenvalue weighted by atomic mass is 10.1. The van der Waals surface area contributed by atoms with Crippen molar-refractivity contribution in [3.63, 3.8) is 0 Å². The van der Waals surface area contributed by atoms with Crippen LogP contribution in [0.4, 0.5) is 0 Å². The highest BCUT2D eigenvalue weighted by Crippen LogP contribution is 2.33. The van der Waals surface area contributed by atoms with Crippen LogP contribution in [-0.2, 0) is 22.6 Å². The van der Waals surface area contributed by atoms with E-state index in [0.717, 1.165) is 18.4 Å². The molecule has 1 amide bonds. The zero-order valence-corrected chi connectivity index (χ0v) is 13.8. The minimum Gasteiger partial charge on any atom is -0.367 e. The van der Waals surface area contributed by atoms with Crippen LogP contribution in [0.3, 0.4) is 0 Å². The van der Waals surface area contributed by atoms with Crippen molar-refractivity contribution in [1.29, 1.82) is 0 Å². The van der Waals surface area contributed by atoms with E-state index in [4.69, 9.17) is 4.74 Å². The molecule has 124 valence electrons. The summed E-state index contributed by atoms with van der Waals surface area (Å²) in [6, 6.07) is 20.7. The molecule has 3 rings (SSSR count). The lowest BCUT2D eigenvalue weighted by Crippen LogP contribution is -2.20. The van der Waals surface area contributed by atoms with Crippen LogP contribution in [0, 0.1) is 0 Å². The molecule has 0 N–H and O–H groups in total. The molecule has 1 fully saturated rings. The number of hydrogen-bond acceptors (Lipinski definition) is 2. The zero-order chi connectivity index (χ0) is 16.8. The average molecular weight is 321 g/mol. The van der Waals surface area contributed by atoms with Gasteiger partial charge < -0.3 is 9.64 Å². The number of amides is 1. The molecule has 2 aromatic carbocycles. The van der Waals surface area contributed by atoms with Crippen molar-refractivity contribution >= 4 is 5.91 Å². The van der Waals surface area contributed by atoms with Crippen LogP contribution >= 0.6 is 0 Å².